The predicted molar refractivity (Wildman–Crippen MR) is 58.6 cm³/mol. The molecule has 0 saturated carbocycles. The molecule has 0 aliphatic heterocycles. The summed E-state index contributed by atoms with van der Waals surface area (Å²) in [5.74, 6) is 0. The average Bonchev–Trinajstić information content (AvgIpc) is 2.65. The molecule has 0 aliphatic rings. The van der Waals surface area contributed by atoms with Crippen LogP contribution in [0.1, 0.15) is 5.69 Å². The monoisotopic (exact) mass is 236 g/mol. The number of rotatable bonds is 0. The van der Waals surface area contributed by atoms with Gasteiger partial charge in [-0.15, -0.1) is 0 Å². The maximum atomic E-state index is 12.5. The number of hydrogen-bond donors (Lipinski definition) is 1. The minimum absolute atomic E-state index is 0.357. The molecule has 86 valence electrons. The van der Waals surface area contributed by atoms with Crippen LogP contribution in [0, 0.1) is 0 Å². The van der Waals surface area contributed by atoms with Gasteiger partial charge in [0.05, 0.1) is 11.0 Å². The summed E-state index contributed by atoms with van der Waals surface area (Å²) in [4.78, 5) is 6.71. The molecule has 17 heavy (non-hydrogen) atoms. The summed E-state index contributed by atoms with van der Waals surface area (Å²) >= 11 is 0. The van der Waals surface area contributed by atoms with Gasteiger partial charge in [0.25, 0.3) is 0 Å². The van der Waals surface area contributed by atoms with E-state index in [9.17, 15) is 13.2 Å². The lowest BCUT2D eigenvalue weighted by atomic mass is 10.2. The van der Waals surface area contributed by atoms with E-state index in [1.165, 1.54) is 6.07 Å². The number of fused-ring (bicyclic) bond motifs is 3. The summed E-state index contributed by atoms with van der Waals surface area (Å²) in [6.45, 7) is 0. The molecule has 0 atom stereocenters. The van der Waals surface area contributed by atoms with Crippen molar-refractivity contribution in [1.82, 2.24) is 9.97 Å². The minimum atomic E-state index is -4.41. The van der Waals surface area contributed by atoms with Crippen molar-refractivity contribution in [1.29, 1.82) is 0 Å². The van der Waals surface area contributed by atoms with Crippen LogP contribution in [0.25, 0.3) is 21.9 Å². The molecule has 0 saturated heterocycles. The van der Waals surface area contributed by atoms with E-state index in [0.717, 1.165) is 11.6 Å². The Morgan fingerprint density at radius 1 is 0.941 bits per heavy atom. The molecule has 0 unspecified atom stereocenters. The molecule has 0 spiro atoms. The van der Waals surface area contributed by atoms with Crippen molar-refractivity contribution < 1.29 is 13.2 Å². The van der Waals surface area contributed by atoms with E-state index in [4.69, 9.17) is 0 Å². The Labute approximate surface area is 94.1 Å². The molecule has 2 nitrogen and oxygen atoms in total. The largest absolute Gasteiger partial charge is 0.433 e. The Morgan fingerprint density at radius 2 is 1.71 bits per heavy atom. The number of para-hydroxylation sites is 1. The molecule has 0 amide bonds. The maximum absolute atomic E-state index is 12.5. The van der Waals surface area contributed by atoms with Crippen LogP contribution in [0.2, 0.25) is 0 Å². The zero-order valence-electron chi connectivity index (χ0n) is 8.55. The zero-order chi connectivity index (χ0) is 12.0. The minimum Gasteiger partial charge on any atom is -0.353 e. The molecule has 3 rings (SSSR count). The van der Waals surface area contributed by atoms with Gasteiger partial charge < -0.3 is 4.98 Å². The lowest BCUT2D eigenvalue weighted by Gasteiger charge is -2.04. The summed E-state index contributed by atoms with van der Waals surface area (Å²) in [5.41, 5.74) is 0.888. The third-order valence-corrected chi connectivity index (χ3v) is 2.64. The number of nitrogens with zero attached hydrogens (tertiary/aromatic N) is 1. The van der Waals surface area contributed by atoms with E-state index in [1.807, 2.05) is 12.1 Å². The van der Waals surface area contributed by atoms with Crippen LogP contribution in [0.3, 0.4) is 0 Å². The second kappa shape index (κ2) is 3.23. The first-order chi connectivity index (χ1) is 8.05. The Balaban J connectivity index is 2.38. The summed E-state index contributed by atoms with van der Waals surface area (Å²) in [6.07, 6.45) is -4.41. The van der Waals surface area contributed by atoms with Gasteiger partial charge in [-0.05, 0) is 18.2 Å². The first-order valence-corrected chi connectivity index (χ1v) is 5.00. The molecule has 0 bridgehead atoms. The zero-order valence-corrected chi connectivity index (χ0v) is 8.55. The van der Waals surface area contributed by atoms with E-state index >= 15 is 0 Å². The Bertz CT molecular complexity index is 698. The van der Waals surface area contributed by atoms with Crippen LogP contribution in [0.5, 0.6) is 0 Å². The number of aromatic amines is 1. The molecular formula is C12H7F3N2. The van der Waals surface area contributed by atoms with Gasteiger partial charge in [0.15, 0.2) is 0 Å². The van der Waals surface area contributed by atoms with Gasteiger partial charge in [-0.2, -0.15) is 13.2 Å². The molecule has 2 heterocycles. The van der Waals surface area contributed by atoms with E-state index in [2.05, 4.69) is 9.97 Å². The molecule has 1 N–H and O–H groups in total. The second-order valence-electron chi connectivity index (χ2n) is 3.76. The molecular weight excluding hydrogens is 229 g/mol. The van der Waals surface area contributed by atoms with Gasteiger partial charge in [0.1, 0.15) is 5.69 Å². The SMILES string of the molecule is FC(F)(F)c1ccc2[nH]c3ccccc3c2n1. The van der Waals surface area contributed by atoms with Crippen LogP contribution in [-0.4, -0.2) is 9.97 Å². The summed E-state index contributed by atoms with van der Waals surface area (Å²) < 4.78 is 37.6. The highest BCUT2D eigenvalue weighted by atomic mass is 19.4. The Hall–Kier alpha value is -2.04. The van der Waals surface area contributed by atoms with Crippen LogP contribution >= 0.6 is 0 Å². The standard InChI is InChI=1S/C12H7F3N2/c13-12(14,15)10-6-5-9-11(17-10)7-3-1-2-4-8(7)16-9/h1-6,16H. The molecule has 0 fully saturated rings. The van der Waals surface area contributed by atoms with Crippen molar-refractivity contribution in [3.8, 4) is 0 Å². The number of hydrogen-bond acceptors (Lipinski definition) is 1. The van der Waals surface area contributed by atoms with E-state index in [0.29, 0.717) is 16.4 Å². The van der Waals surface area contributed by atoms with Crippen molar-refractivity contribution in [2.45, 2.75) is 6.18 Å². The van der Waals surface area contributed by atoms with E-state index in [1.54, 1.807) is 12.1 Å². The fraction of sp³-hybridized carbons (Fsp3) is 0.0833. The fourth-order valence-electron chi connectivity index (χ4n) is 1.87. The predicted octanol–water partition coefficient (Wildman–Crippen LogP) is 3.73. The number of aromatic nitrogens is 2. The normalized spacial score (nSPS) is 12.4. The highest BCUT2D eigenvalue weighted by Gasteiger charge is 2.32. The topological polar surface area (TPSA) is 28.7 Å². The van der Waals surface area contributed by atoms with Gasteiger partial charge in [0, 0.05) is 10.9 Å². The first-order valence-electron chi connectivity index (χ1n) is 5.00. The number of pyridine rings is 1. The molecule has 1 aromatic carbocycles. The smallest absolute Gasteiger partial charge is 0.353 e. The third-order valence-electron chi connectivity index (χ3n) is 2.64. The number of halogens is 3. The number of H-pyrrole nitrogens is 1. The summed E-state index contributed by atoms with van der Waals surface area (Å²) in [7, 11) is 0. The molecule has 0 radical (unpaired) electrons. The summed E-state index contributed by atoms with van der Waals surface area (Å²) in [5, 5.41) is 0.702. The quantitative estimate of drug-likeness (QED) is 0.632. The number of alkyl halides is 3. The van der Waals surface area contributed by atoms with Crippen LogP contribution in [0.15, 0.2) is 36.4 Å². The Kier molecular flexibility index (Phi) is 1.92. The van der Waals surface area contributed by atoms with Gasteiger partial charge in [-0.3, -0.25) is 0 Å². The van der Waals surface area contributed by atoms with Crippen molar-refractivity contribution in [2.24, 2.45) is 0 Å². The highest BCUT2D eigenvalue weighted by Crippen LogP contribution is 2.31. The highest BCUT2D eigenvalue weighted by molar-refractivity contribution is 6.04. The van der Waals surface area contributed by atoms with E-state index < -0.39 is 11.9 Å². The third kappa shape index (κ3) is 1.54. The lowest BCUT2D eigenvalue weighted by Crippen LogP contribution is -2.07. The molecule has 3 aromatic rings. The van der Waals surface area contributed by atoms with Crippen LogP contribution in [0.4, 0.5) is 13.2 Å². The number of benzene rings is 1. The fourth-order valence-corrected chi connectivity index (χ4v) is 1.87. The average molecular weight is 236 g/mol. The maximum Gasteiger partial charge on any atom is 0.433 e. The van der Waals surface area contributed by atoms with Crippen LogP contribution < -0.4 is 0 Å². The molecule has 5 heteroatoms. The van der Waals surface area contributed by atoms with E-state index in [-0.39, 0.29) is 0 Å². The number of nitrogens with one attached hydrogen (secondary N) is 1. The van der Waals surface area contributed by atoms with Gasteiger partial charge in [0.2, 0.25) is 0 Å². The lowest BCUT2D eigenvalue weighted by molar-refractivity contribution is -0.140. The molecule has 0 aliphatic carbocycles. The van der Waals surface area contributed by atoms with Crippen molar-refractivity contribution >= 4 is 21.9 Å². The molecule has 2 aromatic heterocycles. The van der Waals surface area contributed by atoms with Crippen LogP contribution in [-0.2, 0) is 6.18 Å². The van der Waals surface area contributed by atoms with Gasteiger partial charge >= 0.3 is 6.18 Å². The van der Waals surface area contributed by atoms with Crippen molar-refractivity contribution in [3.05, 3.63) is 42.1 Å². The summed E-state index contributed by atoms with van der Waals surface area (Å²) in [6, 6.07) is 9.55. The van der Waals surface area contributed by atoms with Gasteiger partial charge in [-0.25, -0.2) is 4.98 Å². The van der Waals surface area contributed by atoms with Gasteiger partial charge in [-0.1, -0.05) is 18.2 Å². The second-order valence-corrected chi connectivity index (χ2v) is 3.76. The first kappa shape index (κ1) is 10.1. The van der Waals surface area contributed by atoms with Crippen molar-refractivity contribution in [2.75, 3.05) is 0 Å². The van der Waals surface area contributed by atoms with Crippen molar-refractivity contribution in [3.63, 3.8) is 0 Å². The Morgan fingerprint density at radius 3 is 2.47 bits per heavy atom.